The quantitative estimate of drug-likeness (QED) is 0.249. The second-order valence-corrected chi connectivity index (χ2v) is 0. The van der Waals surface area contributed by atoms with Crippen LogP contribution in [0.2, 0.25) is 0 Å². The summed E-state index contributed by atoms with van der Waals surface area (Å²) in [4.78, 5) is 0. The van der Waals surface area contributed by atoms with E-state index in [-0.39, 0.29) is 256 Å². The topological polar surface area (TPSA) is 0 Å². The smallest absolute Gasteiger partial charge is 0 e. The van der Waals surface area contributed by atoms with E-state index in [4.69, 9.17) is 0 Å². The van der Waals surface area contributed by atoms with Gasteiger partial charge in [0.05, 0.1) is 0 Å². The molecule has 0 saturated heterocycles. The van der Waals surface area contributed by atoms with E-state index in [1.165, 1.54) is 0 Å². The molecule has 0 heterocycles. The molecule has 0 bridgehead atoms. The molecule has 0 saturated carbocycles. The van der Waals surface area contributed by atoms with E-state index in [1.807, 2.05) is 0 Å². The van der Waals surface area contributed by atoms with Crippen LogP contribution in [0, 0.1) is 120 Å². The van der Waals surface area contributed by atoms with Crippen LogP contribution in [0.4, 0.5) is 0 Å². The molecule has 0 N–H and O–H groups in total. The van der Waals surface area contributed by atoms with Gasteiger partial charge in [0.1, 0.15) is 0 Å². The maximum absolute atomic E-state index is 0. The van der Waals surface area contributed by atoms with E-state index in [1.54, 1.807) is 0 Å². The summed E-state index contributed by atoms with van der Waals surface area (Å²) in [5.74, 6) is 0. The van der Waals surface area contributed by atoms with Crippen molar-refractivity contribution in [2.75, 3.05) is 0 Å². The maximum Gasteiger partial charge on any atom is 0 e. The van der Waals surface area contributed by atoms with Crippen molar-refractivity contribution in [1.82, 2.24) is 0 Å². The number of hydrogen-bond donors (Lipinski definition) is 0. The predicted octanol–water partition coefficient (Wildman–Crippen LogP) is -1.90. The van der Waals surface area contributed by atoms with Gasteiger partial charge in [-0.2, -0.15) is 0 Å². The van der Waals surface area contributed by atoms with E-state index >= 15 is 0 Å². The summed E-state index contributed by atoms with van der Waals surface area (Å²) in [7, 11) is 0. The third-order valence-electron chi connectivity index (χ3n) is 0. The molecule has 8 heavy (non-hydrogen) atoms. The van der Waals surface area contributed by atoms with Crippen molar-refractivity contribution in [2.24, 2.45) is 0 Å². The molecule has 39 valence electrons. The molecule has 0 amide bonds. The normalized spacial score (nSPS) is 0. The van der Waals surface area contributed by atoms with Crippen LogP contribution in [0.25, 0.3) is 0 Å². The van der Waals surface area contributed by atoms with Crippen LogP contribution < -0.4 is 0 Å². The first kappa shape index (κ1) is 54.7. The molecule has 0 aromatic rings. The average molecular weight is 1490 g/mol. The van der Waals surface area contributed by atoms with Gasteiger partial charge in [-0.25, -0.2) is 0 Å². The van der Waals surface area contributed by atoms with E-state index in [0.717, 1.165) is 0 Å². The molecule has 0 aliphatic heterocycles. The van der Waals surface area contributed by atoms with Crippen molar-refractivity contribution in [3.8, 4) is 0 Å². The van der Waals surface area contributed by atoms with E-state index in [0.29, 0.717) is 0 Å². The van der Waals surface area contributed by atoms with Crippen molar-refractivity contribution >= 4 is 136 Å². The predicted molar refractivity (Wildman–Crippen MR) is 28.8 cm³/mol. The number of rotatable bonds is 0. The molecular formula is Gd3Tl5. The minimum atomic E-state index is 0. The second kappa shape index (κ2) is 45.0. The minimum absolute atomic E-state index is 0. The molecular weight excluding hydrogens is 1490 g/mol. The van der Waals surface area contributed by atoms with Crippen LogP contribution >= 0.6 is 0 Å². The van der Waals surface area contributed by atoms with Crippen molar-refractivity contribution in [2.45, 2.75) is 0 Å². The monoisotopic (exact) mass is 1500 g/mol. The van der Waals surface area contributed by atoms with Gasteiger partial charge in [0.2, 0.25) is 0 Å². The second-order valence-electron chi connectivity index (χ2n) is 0. The summed E-state index contributed by atoms with van der Waals surface area (Å²) < 4.78 is 0. The molecule has 5 radical (unpaired) electrons. The molecule has 0 aromatic carbocycles. The Morgan fingerprint density at radius 2 is 0.250 bits per heavy atom. The van der Waals surface area contributed by atoms with Crippen LogP contribution in [0.1, 0.15) is 0 Å². The summed E-state index contributed by atoms with van der Waals surface area (Å²) >= 11 is 0. The summed E-state index contributed by atoms with van der Waals surface area (Å²) in [6.45, 7) is 0. The largest absolute Gasteiger partial charge is 0 e. The molecule has 0 spiro atoms. The molecule has 0 nitrogen and oxygen atoms in total. The maximum atomic E-state index is 0. The molecule has 8 heteroatoms. The first-order chi connectivity index (χ1) is 0. The fourth-order valence-electron chi connectivity index (χ4n) is 0. The third-order valence-corrected chi connectivity index (χ3v) is 0. The van der Waals surface area contributed by atoms with Gasteiger partial charge in [-0.15, -0.1) is 0 Å². The summed E-state index contributed by atoms with van der Waals surface area (Å²) in [6.07, 6.45) is 0. The first-order valence-corrected chi connectivity index (χ1v) is 0. The Kier molecular flexibility index (Phi) is 307. The SMILES string of the molecule is [Gd].[Gd].[Gd].[Tl].[Tl].[Tl].[Tl].[Tl]. The van der Waals surface area contributed by atoms with Crippen molar-refractivity contribution in [3.05, 3.63) is 0 Å². The fraction of sp³-hybridized carbons (Fsp3) is 0. The van der Waals surface area contributed by atoms with Crippen LogP contribution in [-0.4, -0.2) is 136 Å². The molecule has 0 aliphatic carbocycles. The molecule has 0 unspecified atom stereocenters. The van der Waals surface area contributed by atoms with Crippen LogP contribution in [-0.2, 0) is 0 Å². The van der Waals surface area contributed by atoms with Crippen LogP contribution in [0.3, 0.4) is 0 Å². The zero-order valence-electron chi connectivity index (χ0n) is 3.95. The number of hydrogen-bond acceptors (Lipinski definition) is 0. The molecule has 0 atom stereocenters. The van der Waals surface area contributed by atoms with Gasteiger partial charge in [-0.3, -0.25) is 0 Å². The first-order valence-electron chi connectivity index (χ1n) is 0. The van der Waals surface area contributed by atoms with Crippen molar-refractivity contribution in [1.29, 1.82) is 0 Å². The third kappa shape index (κ3) is 36.5. The van der Waals surface area contributed by atoms with Gasteiger partial charge in [0, 0.05) is 256 Å². The van der Waals surface area contributed by atoms with Gasteiger partial charge < -0.3 is 0 Å². The Balaban J connectivity index is 0. The average Bonchev–Trinajstić information content (AvgIpc) is 0. The van der Waals surface area contributed by atoms with Crippen molar-refractivity contribution < 1.29 is 120 Å². The Morgan fingerprint density at radius 3 is 0.250 bits per heavy atom. The summed E-state index contributed by atoms with van der Waals surface area (Å²) in [6, 6.07) is 0. The molecule has 0 aliphatic rings. The summed E-state index contributed by atoms with van der Waals surface area (Å²) in [5.41, 5.74) is 0. The van der Waals surface area contributed by atoms with Crippen LogP contribution in [0.15, 0.2) is 0 Å². The molecule has 0 aromatic heterocycles. The zero-order valence-corrected chi connectivity index (χ0v) is 33.2. The van der Waals surface area contributed by atoms with Crippen molar-refractivity contribution in [3.63, 3.8) is 0 Å². The van der Waals surface area contributed by atoms with Gasteiger partial charge in [-0.05, 0) is 0 Å². The Bertz CT molecular complexity index is 7.64. The Labute approximate surface area is 247 Å². The Morgan fingerprint density at radius 1 is 0.250 bits per heavy atom. The van der Waals surface area contributed by atoms with E-state index in [9.17, 15) is 0 Å². The molecule has 0 rings (SSSR count). The van der Waals surface area contributed by atoms with E-state index < -0.39 is 0 Å². The van der Waals surface area contributed by atoms with Gasteiger partial charge in [-0.1, -0.05) is 0 Å². The van der Waals surface area contributed by atoms with E-state index in [2.05, 4.69) is 0 Å². The van der Waals surface area contributed by atoms with Crippen LogP contribution in [0.5, 0.6) is 0 Å². The Hall–Kier alpha value is 8.58. The summed E-state index contributed by atoms with van der Waals surface area (Å²) in [5, 5.41) is 0. The van der Waals surface area contributed by atoms with Gasteiger partial charge in [0.25, 0.3) is 0 Å². The van der Waals surface area contributed by atoms with Gasteiger partial charge >= 0.3 is 0 Å². The standard InChI is InChI=1S/3Gd.5Tl. The fourth-order valence-corrected chi connectivity index (χ4v) is 0. The zero-order chi connectivity index (χ0) is 0. The molecule has 0 fully saturated rings. The van der Waals surface area contributed by atoms with Gasteiger partial charge in [0.15, 0.2) is 0 Å². The minimum Gasteiger partial charge on any atom is 0 e.